The standard InChI is InChI=1S/C20H21N3O5S/c1-28-19(24)6-4-15-3-5-17(18(13-15)23(26)27)21-8-2-9-22(11-10-21)20(25)16-7-12-29-14-16/h3-7,12-14H,2,8-11H2,1H3/b6-4+. The summed E-state index contributed by atoms with van der Waals surface area (Å²) >= 11 is 1.48. The zero-order valence-corrected chi connectivity index (χ0v) is 16.8. The highest BCUT2D eigenvalue weighted by molar-refractivity contribution is 7.08. The summed E-state index contributed by atoms with van der Waals surface area (Å²) in [4.78, 5) is 38.8. The molecule has 0 saturated carbocycles. The molecule has 8 nitrogen and oxygen atoms in total. The number of nitrogens with zero attached hydrogens (tertiary/aromatic N) is 3. The molecule has 3 rings (SSSR count). The molecule has 1 aromatic heterocycles. The Morgan fingerprint density at radius 2 is 2.03 bits per heavy atom. The molecule has 0 radical (unpaired) electrons. The molecule has 0 N–H and O–H groups in total. The fourth-order valence-electron chi connectivity index (χ4n) is 3.22. The van der Waals surface area contributed by atoms with Gasteiger partial charge in [0.1, 0.15) is 5.69 Å². The van der Waals surface area contributed by atoms with Crippen LogP contribution in [0.15, 0.2) is 41.1 Å². The first-order valence-corrected chi connectivity index (χ1v) is 10.0. The Bertz CT molecular complexity index is 926. The minimum absolute atomic E-state index is 0.00843. The zero-order valence-electron chi connectivity index (χ0n) is 15.9. The van der Waals surface area contributed by atoms with Crippen LogP contribution in [-0.2, 0) is 9.53 Å². The van der Waals surface area contributed by atoms with Crippen LogP contribution in [0.1, 0.15) is 22.3 Å². The number of esters is 1. The molecule has 0 spiro atoms. The molecule has 0 bridgehead atoms. The largest absolute Gasteiger partial charge is 0.466 e. The van der Waals surface area contributed by atoms with Gasteiger partial charge in [0.05, 0.1) is 17.6 Å². The quantitative estimate of drug-likeness (QED) is 0.322. The van der Waals surface area contributed by atoms with E-state index in [1.807, 2.05) is 15.7 Å². The number of nitro groups is 1. The Morgan fingerprint density at radius 3 is 2.72 bits per heavy atom. The van der Waals surface area contributed by atoms with E-state index in [9.17, 15) is 19.7 Å². The number of carbonyl (C=O) groups is 2. The summed E-state index contributed by atoms with van der Waals surface area (Å²) in [6.45, 7) is 2.23. The van der Waals surface area contributed by atoms with Gasteiger partial charge in [0.25, 0.3) is 11.6 Å². The molecule has 0 aliphatic carbocycles. The number of benzene rings is 1. The first-order valence-electron chi connectivity index (χ1n) is 9.10. The van der Waals surface area contributed by atoms with Crippen molar-refractivity contribution in [2.45, 2.75) is 6.42 Å². The average Bonchev–Trinajstić information content (AvgIpc) is 3.16. The monoisotopic (exact) mass is 415 g/mol. The van der Waals surface area contributed by atoms with E-state index in [4.69, 9.17) is 0 Å². The van der Waals surface area contributed by atoms with Crippen molar-refractivity contribution in [3.63, 3.8) is 0 Å². The van der Waals surface area contributed by atoms with E-state index >= 15 is 0 Å². The van der Waals surface area contributed by atoms with Crippen LogP contribution in [0.4, 0.5) is 11.4 Å². The number of amides is 1. The number of thiophene rings is 1. The van der Waals surface area contributed by atoms with E-state index in [1.54, 1.807) is 23.1 Å². The van der Waals surface area contributed by atoms with Crippen LogP contribution >= 0.6 is 11.3 Å². The van der Waals surface area contributed by atoms with Crippen LogP contribution in [0.3, 0.4) is 0 Å². The van der Waals surface area contributed by atoms with Crippen LogP contribution in [0.2, 0.25) is 0 Å². The number of rotatable bonds is 5. The first-order chi connectivity index (χ1) is 14.0. The van der Waals surface area contributed by atoms with Crippen LogP contribution in [0.25, 0.3) is 6.08 Å². The Morgan fingerprint density at radius 1 is 1.21 bits per heavy atom. The Balaban J connectivity index is 1.77. The normalized spacial score (nSPS) is 14.7. The summed E-state index contributed by atoms with van der Waals surface area (Å²) in [7, 11) is 1.27. The maximum absolute atomic E-state index is 12.6. The van der Waals surface area contributed by atoms with Gasteiger partial charge in [-0.1, -0.05) is 6.07 Å². The first kappa shape index (κ1) is 20.5. The van der Waals surface area contributed by atoms with E-state index in [0.29, 0.717) is 43.0 Å². The molecule has 152 valence electrons. The zero-order chi connectivity index (χ0) is 20.8. The van der Waals surface area contributed by atoms with Crippen molar-refractivity contribution in [1.82, 2.24) is 4.90 Å². The highest BCUT2D eigenvalue weighted by atomic mass is 32.1. The van der Waals surface area contributed by atoms with E-state index in [0.717, 1.165) is 6.42 Å². The number of hydrogen-bond donors (Lipinski definition) is 0. The van der Waals surface area contributed by atoms with Gasteiger partial charge in [0.2, 0.25) is 0 Å². The topological polar surface area (TPSA) is 93.0 Å². The molecule has 29 heavy (non-hydrogen) atoms. The third kappa shape index (κ3) is 5.00. The molecule has 1 fully saturated rings. The lowest BCUT2D eigenvalue weighted by atomic mass is 10.1. The van der Waals surface area contributed by atoms with Gasteiger partial charge in [-0.05, 0) is 35.6 Å². The summed E-state index contributed by atoms with van der Waals surface area (Å²) in [6.07, 6.45) is 3.42. The summed E-state index contributed by atoms with van der Waals surface area (Å²) in [6, 6.07) is 6.65. The molecule has 9 heteroatoms. The van der Waals surface area contributed by atoms with E-state index in [-0.39, 0.29) is 11.6 Å². The Labute approximate surface area is 172 Å². The van der Waals surface area contributed by atoms with E-state index in [1.165, 1.54) is 36.7 Å². The van der Waals surface area contributed by atoms with Crippen molar-refractivity contribution in [3.8, 4) is 0 Å². The van der Waals surface area contributed by atoms with Crippen molar-refractivity contribution in [2.75, 3.05) is 38.2 Å². The van der Waals surface area contributed by atoms with Crippen molar-refractivity contribution < 1.29 is 19.2 Å². The van der Waals surface area contributed by atoms with E-state index < -0.39 is 10.9 Å². The van der Waals surface area contributed by atoms with E-state index in [2.05, 4.69) is 4.74 Å². The minimum atomic E-state index is -0.528. The fraction of sp³-hybridized carbons (Fsp3) is 0.300. The van der Waals surface area contributed by atoms with Crippen molar-refractivity contribution in [1.29, 1.82) is 0 Å². The minimum Gasteiger partial charge on any atom is -0.466 e. The fourth-order valence-corrected chi connectivity index (χ4v) is 3.85. The van der Waals surface area contributed by atoms with Gasteiger partial charge < -0.3 is 14.5 Å². The second-order valence-electron chi connectivity index (χ2n) is 6.51. The summed E-state index contributed by atoms with van der Waals surface area (Å²) in [5, 5.41) is 15.3. The number of ether oxygens (including phenoxy) is 1. The second kappa shape index (κ2) is 9.33. The van der Waals surface area contributed by atoms with Crippen LogP contribution in [-0.4, -0.2) is 55.0 Å². The maximum Gasteiger partial charge on any atom is 0.330 e. The molecule has 1 aromatic carbocycles. The lowest BCUT2D eigenvalue weighted by molar-refractivity contribution is -0.384. The molecule has 1 amide bonds. The van der Waals surface area contributed by atoms with Crippen LogP contribution in [0.5, 0.6) is 0 Å². The van der Waals surface area contributed by atoms with Crippen molar-refractivity contribution >= 4 is 40.7 Å². The number of anilines is 1. The third-order valence-electron chi connectivity index (χ3n) is 4.70. The highest BCUT2D eigenvalue weighted by Crippen LogP contribution is 2.30. The molecule has 1 aliphatic heterocycles. The van der Waals surface area contributed by atoms with Gasteiger partial charge in [-0.25, -0.2) is 4.79 Å². The van der Waals surface area contributed by atoms with Gasteiger partial charge in [-0.3, -0.25) is 14.9 Å². The number of methoxy groups -OCH3 is 1. The molecule has 2 aromatic rings. The van der Waals surface area contributed by atoms with Gasteiger partial charge >= 0.3 is 5.97 Å². The summed E-state index contributed by atoms with van der Waals surface area (Å²) in [5.74, 6) is -0.537. The molecule has 0 unspecified atom stereocenters. The SMILES string of the molecule is COC(=O)/C=C/c1ccc(N2CCCN(C(=O)c3ccsc3)CC2)c([N+](=O)[O-])c1. The molecule has 1 aliphatic rings. The van der Waals surface area contributed by atoms with Gasteiger partial charge in [-0.15, -0.1) is 0 Å². The Hall–Kier alpha value is -3.20. The van der Waals surface area contributed by atoms with Gasteiger partial charge in [-0.2, -0.15) is 11.3 Å². The van der Waals surface area contributed by atoms with Crippen molar-refractivity contribution in [3.05, 3.63) is 62.3 Å². The third-order valence-corrected chi connectivity index (χ3v) is 5.38. The number of carbonyl (C=O) groups excluding carboxylic acids is 2. The summed E-state index contributed by atoms with van der Waals surface area (Å²) in [5.41, 5.74) is 1.69. The maximum atomic E-state index is 12.6. The highest BCUT2D eigenvalue weighted by Gasteiger charge is 2.25. The lowest BCUT2D eigenvalue weighted by Gasteiger charge is -2.23. The number of nitro benzene ring substituents is 1. The average molecular weight is 415 g/mol. The van der Waals surface area contributed by atoms with Gasteiger partial charge in [0, 0.05) is 43.7 Å². The molecule has 1 saturated heterocycles. The summed E-state index contributed by atoms with van der Waals surface area (Å²) < 4.78 is 4.54. The number of hydrogen-bond acceptors (Lipinski definition) is 7. The predicted octanol–water partition coefficient (Wildman–Crippen LogP) is 3.20. The second-order valence-corrected chi connectivity index (χ2v) is 7.29. The molecular formula is C20H21N3O5S. The smallest absolute Gasteiger partial charge is 0.330 e. The molecule has 2 heterocycles. The Kier molecular flexibility index (Phi) is 6.61. The van der Waals surface area contributed by atoms with Gasteiger partial charge in [0.15, 0.2) is 0 Å². The lowest BCUT2D eigenvalue weighted by Crippen LogP contribution is -2.35. The van der Waals surface area contributed by atoms with Crippen molar-refractivity contribution in [2.24, 2.45) is 0 Å². The predicted molar refractivity (Wildman–Crippen MR) is 111 cm³/mol. The van der Waals surface area contributed by atoms with Crippen LogP contribution in [0, 0.1) is 10.1 Å². The molecule has 0 atom stereocenters. The van der Waals surface area contributed by atoms with Crippen LogP contribution < -0.4 is 4.90 Å². The molecular weight excluding hydrogens is 394 g/mol.